The molecule has 12 heavy (non-hydrogen) atoms. The van der Waals surface area contributed by atoms with Crippen molar-refractivity contribution in [3.63, 3.8) is 0 Å². The van der Waals surface area contributed by atoms with E-state index in [4.69, 9.17) is 20.1 Å². The van der Waals surface area contributed by atoms with E-state index in [-0.39, 0.29) is 19.8 Å². The van der Waals surface area contributed by atoms with Crippen molar-refractivity contribution >= 4 is 0 Å². The van der Waals surface area contributed by atoms with E-state index < -0.39 is 11.0 Å². The van der Waals surface area contributed by atoms with Crippen LogP contribution in [0.5, 0.6) is 0 Å². The zero-order valence-corrected chi connectivity index (χ0v) is 7.29. The summed E-state index contributed by atoms with van der Waals surface area (Å²) in [6.45, 7) is 1.80. The quantitative estimate of drug-likeness (QED) is 0.520. The molecule has 0 saturated carbocycles. The summed E-state index contributed by atoms with van der Waals surface area (Å²) in [5.74, 6) is 0. The molecular formula is C8H16O4. The van der Waals surface area contributed by atoms with E-state index in [0.29, 0.717) is 13.0 Å². The van der Waals surface area contributed by atoms with Crippen molar-refractivity contribution in [2.24, 2.45) is 5.41 Å². The Morgan fingerprint density at radius 3 is 1.92 bits per heavy atom. The first-order chi connectivity index (χ1) is 5.64. The van der Waals surface area contributed by atoms with E-state index in [1.165, 1.54) is 0 Å². The minimum atomic E-state index is -0.736. The molecular weight excluding hydrogens is 160 g/mol. The molecule has 0 aliphatic carbocycles. The first kappa shape index (κ1) is 9.92. The predicted octanol–water partition coefficient (Wildman–Crippen LogP) is -0.871. The average Bonchev–Trinajstić information content (AvgIpc) is 2.03. The molecule has 0 aromatic rings. The largest absolute Gasteiger partial charge is 0.396 e. The Labute approximate surface area is 71.8 Å². The molecule has 0 amide bonds. The molecule has 1 atom stereocenters. The Balaban J connectivity index is 2.74. The van der Waals surface area contributed by atoms with E-state index >= 15 is 0 Å². The Hall–Kier alpha value is -0.160. The number of aliphatic hydroxyl groups is 3. The lowest BCUT2D eigenvalue weighted by Gasteiger charge is -2.51. The summed E-state index contributed by atoms with van der Waals surface area (Å²) in [5.41, 5.74) is -1.46. The first-order valence-corrected chi connectivity index (χ1v) is 4.11. The van der Waals surface area contributed by atoms with Gasteiger partial charge in [0.05, 0.1) is 26.4 Å². The van der Waals surface area contributed by atoms with Crippen molar-refractivity contribution in [2.45, 2.75) is 18.9 Å². The second-order valence-corrected chi connectivity index (χ2v) is 3.63. The zero-order chi connectivity index (χ0) is 9.24. The number of aliphatic hydroxyl groups excluding tert-OH is 3. The lowest BCUT2D eigenvalue weighted by Crippen LogP contribution is -2.61. The molecule has 1 aliphatic rings. The normalized spacial score (nSPS) is 30.0. The van der Waals surface area contributed by atoms with Crippen LogP contribution in [0.2, 0.25) is 0 Å². The van der Waals surface area contributed by atoms with Crippen LogP contribution in [0.3, 0.4) is 0 Å². The van der Waals surface area contributed by atoms with E-state index in [9.17, 15) is 0 Å². The summed E-state index contributed by atoms with van der Waals surface area (Å²) in [5, 5.41) is 27.2. The predicted molar refractivity (Wildman–Crippen MR) is 42.7 cm³/mol. The first-order valence-electron chi connectivity index (χ1n) is 4.11. The molecule has 0 spiro atoms. The van der Waals surface area contributed by atoms with Crippen molar-refractivity contribution < 1.29 is 20.1 Å². The maximum atomic E-state index is 9.09. The molecule has 1 unspecified atom stereocenters. The topological polar surface area (TPSA) is 69.9 Å². The highest BCUT2D eigenvalue weighted by Gasteiger charge is 2.52. The average molecular weight is 176 g/mol. The van der Waals surface area contributed by atoms with Gasteiger partial charge in [-0.1, -0.05) is 6.92 Å². The summed E-state index contributed by atoms with van der Waals surface area (Å²) >= 11 is 0. The van der Waals surface area contributed by atoms with E-state index in [1.807, 2.05) is 0 Å². The molecule has 1 fully saturated rings. The number of ether oxygens (including phenoxy) is 1. The molecule has 0 radical (unpaired) electrons. The fourth-order valence-electron chi connectivity index (χ4n) is 1.48. The van der Waals surface area contributed by atoms with Crippen LogP contribution in [0.25, 0.3) is 0 Å². The van der Waals surface area contributed by atoms with Crippen molar-refractivity contribution in [2.75, 3.05) is 26.4 Å². The van der Waals surface area contributed by atoms with Gasteiger partial charge in [0.1, 0.15) is 5.60 Å². The summed E-state index contributed by atoms with van der Waals surface area (Å²) in [7, 11) is 0. The van der Waals surface area contributed by atoms with Crippen LogP contribution >= 0.6 is 0 Å². The van der Waals surface area contributed by atoms with Gasteiger partial charge < -0.3 is 20.1 Å². The van der Waals surface area contributed by atoms with Crippen LogP contribution in [0.1, 0.15) is 13.3 Å². The molecule has 0 aromatic heterocycles. The van der Waals surface area contributed by atoms with Gasteiger partial charge in [0.25, 0.3) is 0 Å². The molecule has 0 aromatic carbocycles. The second kappa shape index (κ2) is 3.30. The van der Waals surface area contributed by atoms with Crippen LogP contribution < -0.4 is 0 Å². The van der Waals surface area contributed by atoms with Gasteiger partial charge in [-0.2, -0.15) is 0 Å². The van der Waals surface area contributed by atoms with E-state index in [0.717, 1.165) is 0 Å². The molecule has 1 rings (SSSR count). The Bertz CT molecular complexity index is 133. The third-order valence-electron chi connectivity index (χ3n) is 2.94. The minimum Gasteiger partial charge on any atom is -0.396 e. The molecule has 0 bridgehead atoms. The maximum absolute atomic E-state index is 9.09. The van der Waals surface area contributed by atoms with Crippen LogP contribution in [-0.2, 0) is 4.74 Å². The van der Waals surface area contributed by atoms with Crippen LogP contribution in [0.15, 0.2) is 0 Å². The van der Waals surface area contributed by atoms with Gasteiger partial charge in [-0.05, 0) is 0 Å². The fourth-order valence-corrected chi connectivity index (χ4v) is 1.48. The van der Waals surface area contributed by atoms with Crippen molar-refractivity contribution in [1.29, 1.82) is 0 Å². The third-order valence-corrected chi connectivity index (χ3v) is 2.94. The summed E-state index contributed by atoms with van der Waals surface area (Å²) in [6.07, 6.45) is 0.696. The SMILES string of the molecule is CC(CO)(CO)C1(CO)CCO1. The summed E-state index contributed by atoms with van der Waals surface area (Å²) in [4.78, 5) is 0. The van der Waals surface area contributed by atoms with Gasteiger partial charge in [-0.3, -0.25) is 0 Å². The standard InChI is InChI=1S/C8H16O4/c1-7(4-9,5-10)8(6-11)2-3-12-8/h9-11H,2-6H2,1H3. The van der Waals surface area contributed by atoms with Crippen LogP contribution in [0, 0.1) is 5.41 Å². The highest BCUT2D eigenvalue weighted by Crippen LogP contribution is 2.42. The molecule has 1 aliphatic heterocycles. The van der Waals surface area contributed by atoms with Gasteiger partial charge in [-0.15, -0.1) is 0 Å². The van der Waals surface area contributed by atoms with Gasteiger partial charge in [-0.25, -0.2) is 0 Å². The van der Waals surface area contributed by atoms with Crippen molar-refractivity contribution in [3.8, 4) is 0 Å². The smallest absolute Gasteiger partial charge is 0.103 e. The highest BCUT2D eigenvalue weighted by molar-refractivity contribution is 5.01. The monoisotopic (exact) mass is 176 g/mol. The van der Waals surface area contributed by atoms with Crippen LogP contribution in [0.4, 0.5) is 0 Å². The summed E-state index contributed by atoms with van der Waals surface area (Å²) < 4.78 is 5.24. The Morgan fingerprint density at radius 2 is 1.83 bits per heavy atom. The van der Waals surface area contributed by atoms with Crippen molar-refractivity contribution in [3.05, 3.63) is 0 Å². The lowest BCUT2D eigenvalue weighted by atomic mass is 9.70. The van der Waals surface area contributed by atoms with Gasteiger partial charge >= 0.3 is 0 Å². The number of hydrogen-bond donors (Lipinski definition) is 3. The van der Waals surface area contributed by atoms with Crippen LogP contribution in [-0.4, -0.2) is 47.3 Å². The number of hydrogen-bond acceptors (Lipinski definition) is 4. The fraction of sp³-hybridized carbons (Fsp3) is 1.00. The molecule has 72 valence electrons. The minimum absolute atomic E-state index is 0.148. The second-order valence-electron chi connectivity index (χ2n) is 3.63. The molecule has 1 heterocycles. The lowest BCUT2D eigenvalue weighted by molar-refractivity contribution is -0.250. The highest BCUT2D eigenvalue weighted by atomic mass is 16.5. The molecule has 4 heteroatoms. The van der Waals surface area contributed by atoms with Gasteiger partial charge in [0, 0.05) is 11.8 Å². The van der Waals surface area contributed by atoms with Gasteiger partial charge in [0.2, 0.25) is 0 Å². The Morgan fingerprint density at radius 1 is 1.33 bits per heavy atom. The maximum Gasteiger partial charge on any atom is 0.103 e. The number of rotatable bonds is 4. The summed E-state index contributed by atoms with van der Waals surface area (Å²) in [6, 6.07) is 0. The van der Waals surface area contributed by atoms with Crippen molar-refractivity contribution in [1.82, 2.24) is 0 Å². The molecule has 1 saturated heterocycles. The molecule has 3 N–H and O–H groups in total. The van der Waals surface area contributed by atoms with E-state index in [2.05, 4.69) is 0 Å². The molecule has 4 nitrogen and oxygen atoms in total. The van der Waals surface area contributed by atoms with Gasteiger partial charge in [0.15, 0.2) is 0 Å². The van der Waals surface area contributed by atoms with E-state index in [1.54, 1.807) is 6.92 Å². The zero-order valence-electron chi connectivity index (χ0n) is 7.29. The third kappa shape index (κ3) is 1.15. The Kier molecular flexibility index (Phi) is 2.73.